The monoisotopic (exact) mass is 296 g/mol. The number of alkyl halides is 1. The van der Waals surface area contributed by atoms with Crippen molar-refractivity contribution in [3.63, 3.8) is 0 Å². The van der Waals surface area contributed by atoms with E-state index in [0.29, 0.717) is 5.96 Å². The van der Waals surface area contributed by atoms with Gasteiger partial charge in [-0.05, 0) is 18.9 Å². The number of hydrogen-bond donors (Lipinski definition) is 3. The molecule has 0 fully saturated rings. The van der Waals surface area contributed by atoms with E-state index in [-0.39, 0.29) is 6.04 Å². The van der Waals surface area contributed by atoms with Crippen LogP contribution < -0.4 is 21.6 Å². The fourth-order valence-corrected chi connectivity index (χ4v) is 2.47. The largest absolute Gasteiger partial charge is 0.370 e. The molecule has 92 valence electrons. The Balaban J connectivity index is 2.43. The summed E-state index contributed by atoms with van der Waals surface area (Å²) >= 11 is 3.45. The minimum Gasteiger partial charge on any atom is -0.370 e. The number of aliphatic imine (C=N–C) groups is 1. The highest BCUT2D eigenvalue weighted by molar-refractivity contribution is 9.09. The van der Waals surface area contributed by atoms with Gasteiger partial charge in [0.25, 0.3) is 0 Å². The first-order valence-electron chi connectivity index (χ1n) is 5.72. The maximum atomic E-state index is 5.73. The number of guanidine groups is 1. The van der Waals surface area contributed by atoms with E-state index >= 15 is 0 Å². The van der Waals surface area contributed by atoms with Crippen molar-refractivity contribution in [3.8, 4) is 0 Å². The molecule has 5 heteroatoms. The van der Waals surface area contributed by atoms with E-state index in [0.717, 1.165) is 23.6 Å². The van der Waals surface area contributed by atoms with Crippen molar-refractivity contribution < 1.29 is 0 Å². The van der Waals surface area contributed by atoms with Gasteiger partial charge in [-0.25, -0.2) is 0 Å². The van der Waals surface area contributed by atoms with Gasteiger partial charge in [0.1, 0.15) is 0 Å². The van der Waals surface area contributed by atoms with Crippen molar-refractivity contribution in [3.05, 3.63) is 22.3 Å². The first kappa shape index (κ1) is 12.2. The van der Waals surface area contributed by atoms with Gasteiger partial charge in [0.15, 0.2) is 5.96 Å². The predicted molar refractivity (Wildman–Crippen MR) is 75.4 cm³/mol. The van der Waals surface area contributed by atoms with Gasteiger partial charge in [-0.15, -0.1) is 0 Å². The van der Waals surface area contributed by atoms with Crippen molar-refractivity contribution in [1.82, 2.24) is 10.3 Å². The molecule has 0 radical (unpaired) electrons. The SMILES string of the molecule is C/C=c1/[nH]cc(C2CCN=C(N)N2)/c1=C/CBr. The van der Waals surface area contributed by atoms with E-state index in [2.05, 4.69) is 49.6 Å². The first-order valence-corrected chi connectivity index (χ1v) is 6.84. The highest BCUT2D eigenvalue weighted by Crippen LogP contribution is 2.14. The van der Waals surface area contributed by atoms with E-state index in [1.165, 1.54) is 10.8 Å². The van der Waals surface area contributed by atoms with Crippen LogP contribution in [0.25, 0.3) is 12.2 Å². The van der Waals surface area contributed by atoms with Gasteiger partial charge >= 0.3 is 0 Å². The zero-order chi connectivity index (χ0) is 12.3. The molecule has 1 atom stereocenters. The predicted octanol–water partition coefficient (Wildman–Crippen LogP) is 0.340. The molecule has 0 spiro atoms. The van der Waals surface area contributed by atoms with Crippen LogP contribution in [0.1, 0.15) is 24.9 Å². The molecule has 1 unspecified atom stereocenters. The van der Waals surface area contributed by atoms with Gasteiger partial charge in [-0.3, -0.25) is 4.99 Å². The summed E-state index contributed by atoms with van der Waals surface area (Å²) < 4.78 is 0. The van der Waals surface area contributed by atoms with Gasteiger partial charge in [0.05, 0.1) is 6.04 Å². The molecule has 4 N–H and O–H groups in total. The summed E-state index contributed by atoms with van der Waals surface area (Å²) in [5.74, 6) is 0.536. The normalized spacial score (nSPS) is 22.5. The van der Waals surface area contributed by atoms with E-state index < -0.39 is 0 Å². The number of aromatic nitrogens is 1. The maximum absolute atomic E-state index is 5.73. The summed E-state index contributed by atoms with van der Waals surface area (Å²) in [6, 6.07) is 0.253. The fourth-order valence-electron chi connectivity index (χ4n) is 2.14. The molecule has 1 aliphatic heterocycles. The molecule has 1 aromatic heterocycles. The van der Waals surface area contributed by atoms with E-state index in [1.807, 2.05) is 6.92 Å². The molecule has 0 aliphatic carbocycles. The first-order chi connectivity index (χ1) is 8.26. The number of nitrogens with two attached hydrogens (primary N) is 1. The molecule has 1 aromatic rings. The average Bonchev–Trinajstić information content (AvgIpc) is 2.72. The molecule has 17 heavy (non-hydrogen) atoms. The number of hydrogen-bond acceptors (Lipinski definition) is 3. The second kappa shape index (κ2) is 5.40. The molecule has 0 saturated carbocycles. The molecular weight excluding hydrogens is 280 g/mol. The van der Waals surface area contributed by atoms with Gasteiger partial charge < -0.3 is 16.0 Å². The molecular formula is C12H17BrN4. The molecule has 0 aromatic carbocycles. The van der Waals surface area contributed by atoms with Crippen molar-refractivity contribution in [2.45, 2.75) is 19.4 Å². The standard InChI is InChI=1S/C12H17BrN4/c1-2-10-8(3-5-13)9(7-16-10)11-4-6-15-12(14)17-11/h2-3,7,11,16H,4-6H2,1H3,(H3,14,15,17)/b8-3-,10-2+. The Morgan fingerprint density at radius 1 is 1.65 bits per heavy atom. The Labute approximate surface area is 109 Å². The van der Waals surface area contributed by atoms with Crippen molar-refractivity contribution in [2.75, 3.05) is 11.9 Å². The summed E-state index contributed by atoms with van der Waals surface area (Å²) in [6.45, 7) is 2.82. The third-order valence-corrected chi connectivity index (χ3v) is 3.28. The number of aromatic amines is 1. The van der Waals surface area contributed by atoms with Crippen molar-refractivity contribution in [2.24, 2.45) is 10.7 Å². The minimum absolute atomic E-state index is 0.253. The Hall–Kier alpha value is -1.23. The lowest BCUT2D eigenvalue weighted by Crippen LogP contribution is -2.41. The minimum atomic E-state index is 0.253. The van der Waals surface area contributed by atoms with Crippen LogP contribution in [0.15, 0.2) is 11.2 Å². The summed E-state index contributed by atoms with van der Waals surface area (Å²) in [6.07, 6.45) is 7.29. The van der Waals surface area contributed by atoms with Crippen LogP contribution in [0.4, 0.5) is 0 Å². The molecule has 0 amide bonds. The third kappa shape index (κ3) is 2.54. The van der Waals surface area contributed by atoms with Crippen LogP contribution in [0.3, 0.4) is 0 Å². The molecule has 2 heterocycles. The number of H-pyrrole nitrogens is 1. The second-order valence-corrected chi connectivity index (χ2v) is 4.62. The third-order valence-electron chi connectivity index (χ3n) is 2.95. The molecule has 1 aliphatic rings. The van der Waals surface area contributed by atoms with Crippen LogP contribution in [0.2, 0.25) is 0 Å². The Bertz CT molecular complexity index is 529. The lowest BCUT2D eigenvalue weighted by Gasteiger charge is -2.21. The summed E-state index contributed by atoms with van der Waals surface area (Å²) in [7, 11) is 0. The van der Waals surface area contributed by atoms with Crippen LogP contribution in [-0.2, 0) is 0 Å². The van der Waals surface area contributed by atoms with Crippen molar-refractivity contribution >= 4 is 34.0 Å². The summed E-state index contributed by atoms with van der Waals surface area (Å²) in [5, 5.41) is 6.47. The summed E-state index contributed by atoms with van der Waals surface area (Å²) in [4.78, 5) is 7.45. The van der Waals surface area contributed by atoms with E-state index in [4.69, 9.17) is 5.73 Å². The number of nitrogens with zero attached hydrogens (tertiary/aromatic N) is 1. The molecule has 4 nitrogen and oxygen atoms in total. The van der Waals surface area contributed by atoms with Gasteiger partial charge in [-0.1, -0.05) is 28.1 Å². The van der Waals surface area contributed by atoms with E-state index in [1.54, 1.807) is 0 Å². The average molecular weight is 297 g/mol. The van der Waals surface area contributed by atoms with Crippen LogP contribution in [0.5, 0.6) is 0 Å². The maximum Gasteiger partial charge on any atom is 0.189 e. The van der Waals surface area contributed by atoms with Crippen LogP contribution in [0, 0.1) is 0 Å². The van der Waals surface area contributed by atoms with E-state index in [9.17, 15) is 0 Å². The number of rotatable bonds is 2. The Morgan fingerprint density at radius 3 is 3.12 bits per heavy atom. The topological polar surface area (TPSA) is 66.2 Å². The molecule has 0 saturated heterocycles. The zero-order valence-electron chi connectivity index (χ0n) is 9.83. The Morgan fingerprint density at radius 2 is 2.47 bits per heavy atom. The fraction of sp³-hybridized carbons (Fsp3) is 0.417. The quantitative estimate of drug-likeness (QED) is 0.689. The lowest BCUT2D eigenvalue weighted by molar-refractivity contribution is 0.567. The molecule has 2 rings (SSSR count). The van der Waals surface area contributed by atoms with Crippen LogP contribution in [-0.4, -0.2) is 22.8 Å². The van der Waals surface area contributed by atoms with Gasteiger partial charge in [-0.2, -0.15) is 0 Å². The second-order valence-electron chi connectivity index (χ2n) is 3.97. The zero-order valence-corrected chi connectivity index (χ0v) is 11.4. The molecule has 0 bridgehead atoms. The lowest BCUT2D eigenvalue weighted by atomic mass is 10.0. The van der Waals surface area contributed by atoms with Gasteiger partial charge in [0, 0.05) is 28.6 Å². The highest BCUT2D eigenvalue weighted by Gasteiger charge is 2.17. The number of nitrogens with one attached hydrogen (secondary N) is 2. The Kier molecular flexibility index (Phi) is 3.89. The number of halogens is 1. The summed E-state index contributed by atoms with van der Waals surface area (Å²) in [5.41, 5.74) is 6.99. The van der Waals surface area contributed by atoms with Gasteiger partial charge in [0.2, 0.25) is 0 Å². The van der Waals surface area contributed by atoms with Crippen LogP contribution >= 0.6 is 15.9 Å². The van der Waals surface area contributed by atoms with Crippen molar-refractivity contribution in [1.29, 1.82) is 0 Å². The highest BCUT2D eigenvalue weighted by atomic mass is 79.9. The smallest absolute Gasteiger partial charge is 0.189 e.